The number of imide groups is 1. The van der Waals surface area contributed by atoms with Crippen LogP contribution in [0.5, 0.6) is 5.88 Å². The molecule has 5 aliphatic rings. The standard InChI is InChI=1S/C42H50N10O3/c1-27-23-34(7-8-36(27)52-21-14-38(53)48-42(52)54)50-19-12-33(13-20-50)49-16-9-30(10-17-49)29-3-5-32(6-4-29)46-41-45-24-31-11-18-51(26-35(31)47-41)37-25-44-40-39(28(37)2)43-15-22-55-40/h3-8,23-25,30,33,43H,9-22,26H2,1-2H3,(H,45,46,47)(H,48,53,54). The molecular weight excluding hydrogens is 693 g/mol. The van der Waals surface area contributed by atoms with Gasteiger partial charge in [0, 0.05) is 74.0 Å². The van der Waals surface area contributed by atoms with Crippen molar-refractivity contribution < 1.29 is 14.3 Å². The van der Waals surface area contributed by atoms with Crippen LogP contribution in [-0.2, 0) is 17.8 Å². The minimum atomic E-state index is -0.334. The van der Waals surface area contributed by atoms with Crippen LogP contribution in [0.2, 0.25) is 0 Å². The van der Waals surface area contributed by atoms with Crippen LogP contribution in [0.3, 0.4) is 0 Å². The van der Waals surface area contributed by atoms with E-state index in [4.69, 9.17) is 9.72 Å². The second kappa shape index (κ2) is 15.0. The molecule has 13 nitrogen and oxygen atoms in total. The Hall–Kier alpha value is -5.43. The summed E-state index contributed by atoms with van der Waals surface area (Å²) in [5, 5.41) is 9.35. The predicted molar refractivity (Wildman–Crippen MR) is 215 cm³/mol. The summed E-state index contributed by atoms with van der Waals surface area (Å²) in [6, 6.07) is 15.5. The van der Waals surface area contributed by atoms with Gasteiger partial charge in [0.25, 0.3) is 0 Å². The molecule has 5 aliphatic heterocycles. The number of amides is 3. The largest absolute Gasteiger partial charge is 0.474 e. The summed E-state index contributed by atoms with van der Waals surface area (Å²) < 4.78 is 5.74. The van der Waals surface area contributed by atoms with E-state index in [0.29, 0.717) is 49.9 Å². The molecule has 0 bridgehead atoms. The average Bonchev–Trinajstić information content (AvgIpc) is 3.21. The number of nitrogens with one attached hydrogen (secondary N) is 3. The van der Waals surface area contributed by atoms with Crippen molar-refractivity contribution in [3.05, 3.63) is 82.8 Å². The maximum Gasteiger partial charge on any atom is 0.328 e. The molecule has 55 heavy (non-hydrogen) atoms. The third-order valence-corrected chi connectivity index (χ3v) is 12.2. The Kier molecular flexibility index (Phi) is 9.63. The SMILES string of the molecule is Cc1cc(N2CCC(N3CCC(c4ccc(Nc5ncc6c(n5)CN(c5cnc7c(c5C)NCCO7)CC6)cc4)CC3)CC2)ccc1N1CCC(=O)NC1=O. The number of urea groups is 1. The van der Waals surface area contributed by atoms with E-state index >= 15 is 0 Å². The van der Waals surface area contributed by atoms with Gasteiger partial charge in [-0.3, -0.25) is 15.0 Å². The van der Waals surface area contributed by atoms with Crippen LogP contribution in [-0.4, -0.2) is 90.3 Å². The third kappa shape index (κ3) is 7.25. The first-order chi connectivity index (χ1) is 26.9. The van der Waals surface area contributed by atoms with E-state index in [1.54, 1.807) is 4.90 Å². The maximum absolute atomic E-state index is 12.4. The van der Waals surface area contributed by atoms with Gasteiger partial charge in [0.1, 0.15) is 12.3 Å². The number of hydrogen-bond donors (Lipinski definition) is 3. The zero-order valence-electron chi connectivity index (χ0n) is 31.8. The first kappa shape index (κ1) is 35.3. The number of pyridine rings is 1. The molecule has 0 atom stereocenters. The van der Waals surface area contributed by atoms with Crippen LogP contribution >= 0.6 is 0 Å². The lowest BCUT2D eigenvalue weighted by molar-refractivity contribution is -0.120. The van der Waals surface area contributed by atoms with Crippen molar-refractivity contribution in [3.63, 3.8) is 0 Å². The second-order valence-corrected chi connectivity index (χ2v) is 15.6. The Morgan fingerprint density at radius 1 is 0.836 bits per heavy atom. The van der Waals surface area contributed by atoms with E-state index in [0.717, 1.165) is 98.1 Å². The fourth-order valence-corrected chi connectivity index (χ4v) is 9.09. The van der Waals surface area contributed by atoms with E-state index in [1.807, 2.05) is 25.4 Å². The highest BCUT2D eigenvalue weighted by molar-refractivity contribution is 6.06. The highest BCUT2D eigenvalue weighted by Crippen LogP contribution is 2.37. The average molecular weight is 743 g/mol. The molecule has 286 valence electrons. The van der Waals surface area contributed by atoms with E-state index in [9.17, 15) is 9.59 Å². The topological polar surface area (TPSA) is 131 Å². The molecule has 0 spiro atoms. The molecule has 13 heteroatoms. The number of ether oxygens (including phenoxy) is 1. The predicted octanol–water partition coefficient (Wildman–Crippen LogP) is 5.89. The molecule has 0 unspecified atom stereocenters. The zero-order valence-corrected chi connectivity index (χ0v) is 31.8. The molecule has 7 heterocycles. The van der Waals surface area contributed by atoms with Gasteiger partial charge in [0.2, 0.25) is 17.7 Å². The van der Waals surface area contributed by atoms with Gasteiger partial charge < -0.3 is 30.1 Å². The summed E-state index contributed by atoms with van der Waals surface area (Å²) in [6.45, 7) is 12.0. The smallest absolute Gasteiger partial charge is 0.328 e. The number of benzene rings is 2. The lowest BCUT2D eigenvalue weighted by Crippen LogP contribution is -2.49. The van der Waals surface area contributed by atoms with Crippen LogP contribution < -0.4 is 35.4 Å². The summed E-state index contributed by atoms with van der Waals surface area (Å²) in [4.78, 5) is 47.4. The number of likely N-dealkylation sites (tertiary alicyclic amines) is 1. The Labute approximate surface area is 322 Å². The van der Waals surface area contributed by atoms with Gasteiger partial charge in [-0.15, -0.1) is 0 Å². The lowest BCUT2D eigenvalue weighted by atomic mass is 9.88. The van der Waals surface area contributed by atoms with Crippen LogP contribution in [0.4, 0.5) is 39.2 Å². The van der Waals surface area contributed by atoms with Crippen molar-refractivity contribution >= 4 is 46.3 Å². The molecule has 2 aromatic heterocycles. The van der Waals surface area contributed by atoms with Gasteiger partial charge in [-0.05, 0) is 112 Å². The van der Waals surface area contributed by atoms with E-state index in [2.05, 4.69) is 83.9 Å². The summed E-state index contributed by atoms with van der Waals surface area (Å²) in [5.74, 6) is 1.68. The van der Waals surface area contributed by atoms with Crippen molar-refractivity contribution in [2.24, 2.45) is 0 Å². The Bertz CT molecular complexity index is 2070. The van der Waals surface area contributed by atoms with Crippen LogP contribution in [0.1, 0.15) is 66.0 Å². The Morgan fingerprint density at radius 3 is 2.44 bits per heavy atom. The van der Waals surface area contributed by atoms with Gasteiger partial charge in [-0.1, -0.05) is 12.1 Å². The molecular formula is C42H50N10O3. The molecule has 3 saturated heterocycles. The van der Waals surface area contributed by atoms with E-state index < -0.39 is 0 Å². The monoisotopic (exact) mass is 742 g/mol. The number of aryl methyl sites for hydroxylation is 1. The number of fused-ring (bicyclic) bond motifs is 2. The number of hydrogen-bond acceptors (Lipinski definition) is 11. The molecule has 2 aromatic carbocycles. The van der Waals surface area contributed by atoms with Crippen molar-refractivity contribution in [3.8, 4) is 5.88 Å². The molecule has 9 rings (SSSR count). The fourth-order valence-electron chi connectivity index (χ4n) is 9.09. The number of piperidine rings is 2. The minimum Gasteiger partial charge on any atom is -0.474 e. The Balaban J connectivity index is 0.757. The molecule has 0 saturated carbocycles. The number of nitrogens with zero attached hydrogens (tertiary/aromatic N) is 7. The lowest BCUT2D eigenvalue weighted by Gasteiger charge is -2.42. The summed E-state index contributed by atoms with van der Waals surface area (Å²) in [7, 11) is 0. The van der Waals surface area contributed by atoms with Crippen LogP contribution in [0.25, 0.3) is 0 Å². The molecule has 4 aromatic rings. The van der Waals surface area contributed by atoms with Crippen molar-refractivity contribution in [1.82, 2.24) is 25.2 Å². The zero-order chi connectivity index (χ0) is 37.5. The van der Waals surface area contributed by atoms with E-state index in [1.165, 1.54) is 29.7 Å². The quantitative estimate of drug-likeness (QED) is 0.210. The van der Waals surface area contributed by atoms with Gasteiger partial charge in [-0.2, -0.15) is 0 Å². The summed E-state index contributed by atoms with van der Waals surface area (Å²) in [5.41, 5.74) is 11.1. The Morgan fingerprint density at radius 2 is 1.65 bits per heavy atom. The third-order valence-electron chi connectivity index (χ3n) is 12.2. The first-order valence-corrected chi connectivity index (χ1v) is 19.9. The number of rotatable bonds is 7. The molecule has 3 N–H and O–H groups in total. The van der Waals surface area contributed by atoms with Gasteiger partial charge in [0.15, 0.2) is 0 Å². The van der Waals surface area contributed by atoms with Gasteiger partial charge in [0.05, 0.1) is 24.1 Å². The summed E-state index contributed by atoms with van der Waals surface area (Å²) in [6.07, 6.45) is 9.79. The highest BCUT2D eigenvalue weighted by atomic mass is 16.5. The fraction of sp³-hybridized carbons (Fsp3) is 0.452. The normalized spacial score (nSPS) is 19.6. The maximum atomic E-state index is 12.4. The molecule has 3 fully saturated rings. The van der Waals surface area contributed by atoms with Crippen LogP contribution in [0, 0.1) is 13.8 Å². The molecule has 0 radical (unpaired) electrons. The van der Waals surface area contributed by atoms with Crippen LogP contribution in [0.15, 0.2) is 54.9 Å². The first-order valence-electron chi connectivity index (χ1n) is 19.9. The number of carbonyl (C=O) groups is 2. The minimum absolute atomic E-state index is 0.208. The van der Waals surface area contributed by atoms with Crippen molar-refractivity contribution in [1.29, 1.82) is 0 Å². The molecule has 0 aliphatic carbocycles. The number of aromatic nitrogens is 3. The highest BCUT2D eigenvalue weighted by Gasteiger charge is 2.30. The second-order valence-electron chi connectivity index (χ2n) is 15.6. The van der Waals surface area contributed by atoms with Crippen molar-refractivity contribution in [2.45, 2.75) is 70.9 Å². The van der Waals surface area contributed by atoms with Gasteiger partial charge in [-0.25, -0.2) is 19.7 Å². The summed E-state index contributed by atoms with van der Waals surface area (Å²) >= 11 is 0. The molecule has 3 amide bonds. The number of carbonyl (C=O) groups excluding carboxylic acids is 2. The number of anilines is 6. The van der Waals surface area contributed by atoms with E-state index in [-0.39, 0.29) is 11.9 Å². The van der Waals surface area contributed by atoms with Crippen molar-refractivity contribution in [2.75, 3.05) is 77.8 Å². The van der Waals surface area contributed by atoms with Gasteiger partial charge >= 0.3 is 6.03 Å².